The lowest BCUT2D eigenvalue weighted by Gasteiger charge is -2.18. The monoisotopic (exact) mass is 204 g/mol. The molecular formula is C10H24N2O2. The van der Waals surface area contributed by atoms with Crippen molar-refractivity contribution in [1.82, 2.24) is 10.2 Å². The van der Waals surface area contributed by atoms with Gasteiger partial charge in [0.25, 0.3) is 0 Å². The summed E-state index contributed by atoms with van der Waals surface area (Å²) in [6, 6.07) is 0. The van der Waals surface area contributed by atoms with Gasteiger partial charge in [-0.05, 0) is 40.4 Å². The molecule has 0 saturated carbocycles. The van der Waals surface area contributed by atoms with Gasteiger partial charge in [0.05, 0.1) is 12.2 Å². The number of aliphatic hydroxyl groups excluding tert-OH is 2. The van der Waals surface area contributed by atoms with Gasteiger partial charge in [0.15, 0.2) is 0 Å². The number of nitrogens with one attached hydrogen (secondary N) is 1. The lowest BCUT2D eigenvalue weighted by Crippen LogP contribution is -2.31. The molecular weight excluding hydrogens is 180 g/mol. The summed E-state index contributed by atoms with van der Waals surface area (Å²) < 4.78 is 0. The molecule has 3 N–H and O–H groups in total. The van der Waals surface area contributed by atoms with Gasteiger partial charge < -0.3 is 20.4 Å². The van der Waals surface area contributed by atoms with E-state index in [1.807, 2.05) is 7.05 Å². The van der Waals surface area contributed by atoms with Crippen LogP contribution in [-0.4, -0.2) is 60.5 Å². The fourth-order valence-corrected chi connectivity index (χ4v) is 1.33. The molecule has 0 aliphatic carbocycles. The first-order valence-electron chi connectivity index (χ1n) is 5.27. The maximum Gasteiger partial charge on any atom is 0.0638 e. The molecule has 0 fully saturated rings. The average molecular weight is 204 g/mol. The summed E-state index contributed by atoms with van der Waals surface area (Å²) in [5.74, 6) is 0. The molecule has 0 radical (unpaired) electrons. The van der Waals surface area contributed by atoms with Crippen molar-refractivity contribution in [3.63, 3.8) is 0 Å². The van der Waals surface area contributed by atoms with E-state index in [0.29, 0.717) is 6.54 Å². The van der Waals surface area contributed by atoms with E-state index in [1.165, 1.54) is 0 Å². The van der Waals surface area contributed by atoms with Crippen LogP contribution in [0.4, 0.5) is 0 Å². The maximum absolute atomic E-state index is 9.11. The highest BCUT2D eigenvalue weighted by molar-refractivity contribution is 4.58. The Kier molecular flexibility index (Phi) is 8.08. The third-order valence-electron chi connectivity index (χ3n) is 1.91. The molecule has 0 aromatic carbocycles. The number of hydrogen-bond acceptors (Lipinski definition) is 4. The zero-order chi connectivity index (χ0) is 11.0. The van der Waals surface area contributed by atoms with Crippen molar-refractivity contribution < 1.29 is 10.2 Å². The van der Waals surface area contributed by atoms with Gasteiger partial charge in [-0.15, -0.1) is 0 Å². The molecule has 14 heavy (non-hydrogen) atoms. The second-order valence-electron chi connectivity index (χ2n) is 4.02. The molecule has 2 atom stereocenters. The van der Waals surface area contributed by atoms with Crippen molar-refractivity contribution in [3.8, 4) is 0 Å². The Bertz CT molecular complexity index is 129. The first-order chi connectivity index (χ1) is 6.52. The van der Waals surface area contributed by atoms with Crippen molar-refractivity contribution in [3.05, 3.63) is 0 Å². The molecule has 0 saturated heterocycles. The third kappa shape index (κ3) is 9.92. The molecule has 0 aliphatic heterocycles. The molecule has 86 valence electrons. The van der Waals surface area contributed by atoms with Crippen LogP contribution in [0.2, 0.25) is 0 Å². The highest BCUT2D eigenvalue weighted by Gasteiger charge is 2.01. The van der Waals surface area contributed by atoms with Crippen LogP contribution in [0.1, 0.15) is 20.3 Å². The molecule has 0 aromatic heterocycles. The van der Waals surface area contributed by atoms with Gasteiger partial charge in [-0.2, -0.15) is 0 Å². The summed E-state index contributed by atoms with van der Waals surface area (Å²) in [7, 11) is 2.00. The van der Waals surface area contributed by atoms with E-state index in [0.717, 1.165) is 26.1 Å². The summed E-state index contributed by atoms with van der Waals surface area (Å²) >= 11 is 0. The van der Waals surface area contributed by atoms with Crippen LogP contribution in [0.5, 0.6) is 0 Å². The van der Waals surface area contributed by atoms with Crippen molar-refractivity contribution in [2.75, 3.05) is 33.2 Å². The highest BCUT2D eigenvalue weighted by Crippen LogP contribution is 1.90. The summed E-state index contributed by atoms with van der Waals surface area (Å²) in [6.07, 6.45) is 0.506. The number of aliphatic hydroxyl groups is 2. The first kappa shape index (κ1) is 13.8. The van der Waals surface area contributed by atoms with Gasteiger partial charge in [-0.3, -0.25) is 0 Å². The average Bonchev–Trinajstić information content (AvgIpc) is 2.01. The molecule has 0 heterocycles. The maximum atomic E-state index is 9.11. The van der Waals surface area contributed by atoms with E-state index >= 15 is 0 Å². The third-order valence-corrected chi connectivity index (χ3v) is 1.91. The molecule has 0 spiro atoms. The highest BCUT2D eigenvalue weighted by atomic mass is 16.3. The molecule has 0 amide bonds. The molecule has 2 unspecified atom stereocenters. The molecule has 0 rings (SSSR count). The zero-order valence-corrected chi connectivity index (χ0v) is 9.53. The van der Waals surface area contributed by atoms with Gasteiger partial charge >= 0.3 is 0 Å². The Hall–Kier alpha value is -0.160. The summed E-state index contributed by atoms with van der Waals surface area (Å²) in [4.78, 5) is 2.11. The van der Waals surface area contributed by atoms with Gasteiger partial charge in [0.2, 0.25) is 0 Å². The number of nitrogens with zero attached hydrogens (tertiary/aromatic N) is 1. The van der Waals surface area contributed by atoms with Gasteiger partial charge in [0.1, 0.15) is 0 Å². The van der Waals surface area contributed by atoms with Crippen molar-refractivity contribution in [2.45, 2.75) is 32.5 Å². The second kappa shape index (κ2) is 8.17. The van der Waals surface area contributed by atoms with Gasteiger partial charge in [-0.25, -0.2) is 0 Å². The SMILES string of the molecule is CC(O)CNCCCN(C)CC(C)O. The van der Waals surface area contributed by atoms with E-state index in [4.69, 9.17) is 10.2 Å². The lowest BCUT2D eigenvalue weighted by atomic mass is 10.3. The van der Waals surface area contributed by atoms with Crippen LogP contribution in [0, 0.1) is 0 Å². The summed E-state index contributed by atoms with van der Waals surface area (Å²) in [6.45, 7) is 6.82. The minimum absolute atomic E-state index is 0.259. The van der Waals surface area contributed by atoms with Crippen LogP contribution in [0.3, 0.4) is 0 Å². The fraction of sp³-hybridized carbons (Fsp3) is 1.00. The Labute approximate surface area is 86.9 Å². The normalized spacial score (nSPS) is 15.9. The van der Waals surface area contributed by atoms with E-state index in [2.05, 4.69) is 10.2 Å². The predicted molar refractivity (Wildman–Crippen MR) is 58.3 cm³/mol. The zero-order valence-electron chi connectivity index (χ0n) is 9.53. The smallest absolute Gasteiger partial charge is 0.0638 e. The Morgan fingerprint density at radius 3 is 2.36 bits per heavy atom. The van der Waals surface area contributed by atoms with Crippen LogP contribution in [-0.2, 0) is 0 Å². The van der Waals surface area contributed by atoms with Gasteiger partial charge in [0, 0.05) is 13.1 Å². The second-order valence-corrected chi connectivity index (χ2v) is 4.02. The minimum Gasteiger partial charge on any atom is -0.392 e. The number of rotatable bonds is 8. The van der Waals surface area contributed by atoms with Crippen LogP contribution >= 0.6 is 0 Å². The first-order valence-corrected chi connectivity index (χ1v) is 5.27. The van der Waals surface area contributed by atoms with Crippen LogP contribution in [0.15, 0.2) is 0 Å². The van der Waals surface area contributed by atoms with Gasteiger partial charge in [-0.1, -0.05) is 0 Å². The predicted octanol–water partition coefficient (Wildman–Crippen LogP) is -0.340. The molecule has 0 aromatic rings. The van der Waals surface area contributed by atoms with Crippen molar-refractivity contribution in [1.29, 1.82) is 0 Å². The quantitative estimate of drug-likeness (QED) is 0.473. The van der Waals surface area contributed by atoms with E-state index in [1.54, 1.807) is 13.8 Å². The molecule has 0 bridgehead atoms. The standard InChI is InChI=1S/C10H24N2O2/c1-9(13)7-11-5-4-6-12(3)8-10(2)14/h9-11,13-14H,4-8H2,1-3H3. The molecule has 0 aliphatic rings. The largest absolute Gasteiger partial charge is 0.392 e. The summed E-state index contributed by atoms with van der Waals surface area (Å²) in [5, 5.41) is 21.2. The number of likely N-dealkylation sites (N-methyl/N-ethyl adjacent to an activating group) is 1. The van der Waals surface area contributed by atoms with Crippen LogP contribution in [0.25, 0.3) is 0 Å². The Morgan fingerprint density at radius 2 is 1.86 bits per heavy atom. The van der Waals surface area contributed by atoms with Crippen molar-refractivity contribution in [2.24, 2.45) is 0 Å². The summed E-state index contributed by atoms with van der Waals surface area (Å²) in [5.41, 5.74) is 0. The molecule has 4 nitrogen and oxygen atoms in total. The lowest BCUT2D eigenvalue weighted by molar-refractivity contribution is 0.140. The Balaban J connectivity index is 3.19. The number of hydrogen-bond donors (Lipinski definition) is 3. The fourth-order valence-electron chi connectivity index (χ4n) is 1.33. The van der Waals surface area contributed by atoms with Crippen molar-refractivity contribution >= 4 is 0 Å². The van der Waals surface area contributed by atoms with E-state index in [9.17, 15) is 0 Å². The van der Waals surface area contributed by atoms with E-state index < -0.39 is 0 Å². The minimum atomic E-state index is -0.273. The Morgan fingerprint density at radius 1 is 1.21 bits per heavy atom. The topological polar surface area (TPSA) is 55.7 Å². The molecule has 4 heteroatoms. The van der Waals surface area contributed by atoms with Crippen LogP contribution < -0.4 is 5.32 Å². The van der Waals surface area contributed by atoms with E-state index in [-0.39, 0.29) is 12.2 Å².